The predicted octanol–water partition coefficient (Wildman–Crippen LogP) is 1.95. The first kappa shape index (κ1) is 11.2. The molecule has 0 unspecified atom stereocenters. The minimum absolute atomic E-state index is 0.0878. The normalized spacial score (nSPS) is 15.2. The number of carbonyl (C=O) groups is 1. The molecule has 17 heavy (non-hydrogen) atoms. The van der Waals surface area contributed by atoms with Gasteiger partial charge in [0, 0.05) is 18.7 Å². The van der Waals surface area contributed by atoms with Gasteiger partial charge >= 0.3 is 0 Å². The zero-order valence-electron chi connectivity index (χ0n) is 9.31. The molecule has 0 radical (unpaired) electrons. The number of nitrogens with zero attached hydrogens (tertiary/aromatic N) is 3. The minimum Gasteiger partial charge on any atom is -0.312 e. The van der Waals surface area contributed by atoms with Gasteiger partial charge in [-0.3, -0.25) is 4.79 Å². The molecule has 0 spiro atoms. The summed E-state index contributed by atoms with van der Waals surface area (Å²) in [7, 11) is 0. The number of hydrogen-bond acceptors (Lipinski definition) is 3. The van der Waals surface area contributed by atoms with Crippen LogP contribution in [0.4, 0.5) is 5.69 Å². The lowest BCUT2D eigenvalue weighted by Gasteiger charge is -2.26. The number of amides is 1. The molecular weight excluding hydrogens is 214 g/mol. The van der Waals surface area contributed by atoms with Crippen LogP contribution in [-0.2, 0) is 4.79 Å². The Bertz CT molecular complexity index is 537. The van der Waals surface area contributed by atoms with Gasteiger partial charge in [0.25, 0.3) is 0 Å². The first-order chi connectivity index (χ1) is 8.26. The Balaban J connectivity index is 2.37. The van der Waals surface area contributed by atoms with E-state index in [9.17, 15) is 4.79 Å². The van der Waals surface area contributed by atoms with Crippen LogP contribution in [0.3, 0.4) is 0 Å². The fraction of sp³-hybridized carbons (Fsp3) is 0.308. The summed E-state index contributed by atoms with van der Waals surface area (Å²) in [6.07, 6.45) is 2.46. The second kappa shape index (κ2) is 4.67. The second-order valence-electron chi connectivity index (χ2n) is 3.96. The van der Waals surface area contributed by atoms with Gasteiger partial charge in [-0.2, -0.15) is 10.5 Å². The minimum atomic E-state index is 0.0878. The summed E-state index contributed by atoms with van der Waals surface area (Å²) in [6, 6.07) is 8.87. The molecule has 4 nitrogen and oxygen atoms in total. The Morgan fingerprint density at radius 1 is 1.12 bits per heavy atom. The van der Waals surface area contributed by atoms with Crippen LogP contribution in [0.2, 0.25) is 0 Å². The molecule has 4 heteroatoms. The number of piperidine rings is 1. The number of anilines is 1. The Morgan fingerprint density at radius 3 is 2.53 bits per heavy atom. The van der Waals surface area contributed by atoms with E-state index >= 15 is 0 Å². The van der Waals surface area contributed by atoms with Crippen LogP contribution < -0.4 is 4.90 Å². The highest BCUT2D eigenvalue weighted by atomic mass is 16.2. The molecule has 0 bridgehead atoms. The third-order valence-corrected chi connectivity index (χ3v) is 2.88. The van der Waals surface area contributed by atoms with Gasteiger partial charge in [0.05, 0.1) is 11.1 Å². The third-order valence-electron chi connectivity index (χ3n) is 2.88. The van der Waals surface area contributed by atoms with E-state index in [1.54, 1.807) is 23.1 Å². The summed E-state index contributed by atoms with van der Waals surface area (Å²) >= 11 is 0. The van der Waals surface area contributed by atoms with Gasteiger partial charge in [-0.1, -0.05) is 0 Å². The maximum absolute atomic E-state index is 11.7. The van der Waals surface area contributed by atoms with Crippen molar-refractivity contribution >= 4 is 11.6 Å². The van der Waals surface area contributed by atoms with Gasteiger partial charge in [-0.15, -0.1) is 0 Å². The third kappa shape index (κ3) is 2.11. The van der Waals surface area contributed by atoms with Crippen molar-refractivity contribution in [3.8, 4) is 12.1 Å². The Kier molecular flexibility index (Phi) is 3.07. The number of benzene rings is 1. The molecule has 0 aliphatic carbocycles. The molecule has 0 atom stereocenters. The van der Waals surface area contributed by atoms with E-state index in [-0.39, 0.29) is 5.91 Å². The summed E-state index contributed by atoms with van der Waals surface area (Å²) in [5, 5.41) is 17.8. The highest BCUT2D eigenvalue weighted by Gasteiger charge is 2.20. The van der Waals surface area contributed by atoms with Gasteiger partial charge in [-0.25, -0.2) is 0 Å². The van der Waals surface area contributed by atoms with Crippen LogP contribution in [0.1, 0.15) is 30.4 Å². The Labute approximate surface area is 99.7 Å². The van der Waals surface area contributed by atoms with Crippen molar-refractivity contribution in [3.63, 3.8) is 0 Å². The predicted molar refractivity (Wildman–Crippen MR) is 62.1 cm³/mol. The lowest BCUT2D eigenvalue weighted by atomic mass is 10.1. The molecule has 1 aromatic carbocycles. The second-order valence-corrected chi connectivity index (χ2v) is 3.96. The van der Waals surface area contributed by atoms with E-state index in [4.69, 9.17) is 10.5 Å². The monoisotopic (exact) mass is 225 g/mol. The molecule has 0 N–H and O–H groups in total. The largest absolute Gasteiger partial charge is 0.312 e. The van der Waals surface area contributed by atoms with Crippen LogP contribution in [0, 0.1) is 22.7 Å². The molecule has 2 rings (SSSR count). The van der Waals surface area contributed by atoms with E-state index in [0.29, 0.717) is 29.8 Å². The van der Waals surface area contributed by atoms with Gasteiger partial charge in [-0.05, 0) is 31.0 Å². The van der Waals surface area contributed by atoms with Crippen LogP contribution >= 0.6 is 0 Å². The van der Waals surface area contributed by atoms with Crippen molar-refractivity contribution in [1.82, 2.24) is 0 Å². The van der Waals surface area contributed by atoms with Gasteiger partial charge in [0.15, 0.2) is 0 Å². The molecule has 1 amide bonds. The number of hydrogen-bond donors (Lipinski definition) is 0. The maximum Gasteiger partial charge on any atom is 0.226 e. The summed E-state index contributed by atoms with van der Waals surface area (Å²) in [5.41, 5.74) is 1.38. The van der Waals surface area contributed by atoms with Crippen molar-refractivity contribution in [2.45, 2.75) is 19.3 Å². The van der Waals surface area contributed by atoms with E-state index in [2.05, 4.69) is 0 Å². The standard InChI is InChI=1S/C13H11N3O/c14-8-10-4-5-12(7-11(10)9-15)16-6-2-1-3-13(16)17/h4-5,7H,1-3,6H2. The van der Waals surface area contributed by atoms with Crippen LogP contribution in [0.25, 0.3) is 0 Å². The topological polar surface area (TPSA) is 67.9 Å². The van der Waals surface area contributed by atoms with Gasteiger partial charge in [0.2, 0.25) is 5.91 Å². The highest BCUT2D eigenvalue weighted by molar-refractivity contribution is 5.94. The number of carbonyl (C=O) groups excluding carboxylic acids is 1. The van der Waals surface area contributed by atoms with Gasteiger partial charge in [0.1, 0.15) is 12.1 Å². The lowest BCUT2D eigenvalue weighted by molar-refractivity contribution is -0.119. The zero-order chi connectivity index (χ0) is 12.3. The van der Waals surface area contributed by atoms with E-state index in [0.717, 1.165) is 12.8 Å². The van der Waals surface area contributed by atoms with Crippen molar-refractivity contribution < 1.29 is 4.79 Å². The zero-order valence-corrected chi connectivity index (χ0v) is 9.31. The number of nitriles is 2. The number of rotatable bonds is 1. The Hall–Kier alpha value is -2.33. The smallest absolute Gasteiger partial charge is 0.226 e. The van der Waals surface area contributed by atoms with Crippen LogP contribution in [-0.4, -0.2) is 12.5 Å². The van der Waals surface area contributed by atoms with Crippen molar-refractivity contribution in [1.29, 1.82) is 10.5 Å². The fourth-order valence-electron chi connectivity index (χ4n) is 1.97. The first-order valence-corrected chi connectivity index (χ1v) is 5.51. The highest BCUT2D eigenvalue weighted by Crippen LogP contribution is 2.23. The average Bonchev–Trinajstić information content (AvgIpc) is 2.38. The van der Waals surface area contributed by atoms with Crippen LogP contribution in [0.15, 0.2) is 18.2 Å². The van der Waals surface area contributed by atoms with Crippen molar-refractivity contribution in [3.05, 3.63) is 29.3 Å². The van der Waals surface area contributed by atoms with Crippen molar-refractivity contribution in [2.75, 3.05) is 11.4 Å². The van der Waals surface area contributed by atoms with E-state index in [1.807, 2.05) is 12.1 Å². The molecule has 1 aromatic rings. The van der Waals surface area contributed by atoms with E-state index in [1.165, 1.54) is 0 Å². The molecule has 1 fully saturated rings. The Morgan fingerprint density at radius 2 is 1.88 bits per heavy atom. The average molecular weight is 225 g/mol. The molecule has 84 valence electrons. The summed E-state index contributed by atoms with van der Waals surface area (Å²) < 4.78 is 0. The molecule has 1 heterocycles. The maximum atomic E-state index is 11.7. The lowest BCUT2D eigenvalue weighted by Crippen LogP contribution is -2.35. The van der Waals surface area contributed by atoms with E-state index < -0.39 is 0 Å². The van der Waals surface area contributed by atoms with Crippen molar-refractivity contribution in [2.24, 2.45) is 0 Å². The SMILES string of the molecule is N#Cc1ccc(N2CCCCC2=O)cc1C#N. The first-order valence-electron chi connectivity index (χ1n) is 5.51. The quantitative estimate of drug-likeness (QED) is 0.733. The molecule has 1 aliphatic rings. The van der Waals surface area contributed by atoms with Crippen LogP contribution in [0.5, 0.6) is 0 Å². The van der Waals surface area contributed by atoms with Gasteiger partial charge < -0.3 is 4.90 Å². The molecule has 1 aliphatic heterocycles. The molecule has 1 saturated heterocycles. The summed E-state index contributed by atoms with van der Waals surface area (Å²) in [6.45, 7) is 0.690. The fourth-order valence-corrected chi connectivity index (χ4v) is 1.97. The molecule has 0 aromatic heterocycles. The summed E-state index contributed by atoms with van der Waals surface area (Å²) in [4.78, 5) is 13.4. The molecular formula is C13H11N3O. The molecule has 0 saturated carbocycles. The summed E-state index contributed by atoms with van der Waals surface area (Å²) in [5.74, 6) is 0.0878.